The summed E-state index contributed by atoms with van der Waals surface area (Å²) in [6, 6.07) is 12.9. The number of para-hydroxylation sites is 1. The Morgan fingerprint density at radius 1 is 0.833 bits per heavy atom. The van der Waals surface area contributed by atoms with E-state index in [2.05, 4.69) is 20.9 Å². The quantitative estimate of drug-likeness (QED) is 0.162. The van der Waals surface area contributed by atoms with Gasteiger partial charge in [0.15, 0.2) is 0 Å². The number of fused-ring (bicyclic) bond motifs is 1. The maximum atomic E-state index is 13.7. The topological polar surface area (TPSA) is 166 Å². The molecule has 7 N–H and O–H groups in total. The summed E-state index contributed by atoms with van der Waals surface area (Å²) in [6.07, 6.45) is 3.08. The van der Waals surface area contributed by atoms with E-state index >= 15 is 0 Å². The van der Waals surface area contributed by atoms with Crippen LogP contribution in [-0.4, -0.2) is 57.9 Å². The Morgan fingerprint density at radius 3 is 2.12 bits per heavy atom. The molecule has 226 valence electrons. The van der Waals surface area contributed by atoms with Crippen LogP contribution in [0.2, 0.25) is 0 Å². The van der Waals surface area contributed by atoms with Crippen molar-refractivity contribution in [3.05, 3.63) is 71.9 Å². The summed E-state index contributed by atoms with van der Waals surface area (Å²) in [5, 5.41) is 18.8. The molecule has 5 atom stereocenters. The van der Waals surface area contributed by atoms with E-state index in [9.17, 15) is 24.3 Å². The number of aromatic amines is 1. The van der Waals surface area contributed by atoms with Crippen molar-refractivity contribution in [3.8, 4) is 0 Å². The Balaban J connectivity index is 1.78. The molecule has 0 radical (unpaired) electrons. The first kappa shape index (κ1) is 32.3. The van der Waals surface area contributed by atoms with Gasteiger partial charge in [-0.05, 0) is 41.9 Å². The fourth-order valence-corrected chi connectivity index (χ4v) is 4.88. The van der Waals surface area contributed by atoms with Crippen molar-refractivity contribution in [3.63, 3.8) is 0 Å². The summed E-state index contributed by atoms with van der Waals surface area (Å²) in [7, 11) is 0. The molecule has 0 bridgehead atoms. The van der Waals surface area contributed by atoms with Crippen molar-refractivity contribution in [1.82, 2.24) is 20.9 Å². The average Bonchev–Trinajstić information content (AvgIpc) is 3.37. The van der Waals surface area contributed by atoms with Crippen LogP contribution in [0.25, 0.3) is 10.9 Å². The molecule has 0 aliphatic carbocycles. The van der Waals surface area contributed by atoms with Crippen molar-refractivity contribution in [2.24, 2.45) is 17.6 Å². The number of hydrogen-bond donors (Lipinski definition) is 6. The average molecular weight is 578 g/mol. The van der Waals surface area contributed by atoms with Crippen molar-refractivity contribution < 1.29 is 24.3 Å². The zero-order valence-corrected chi connectivity index (χ0v) is 24.7. The Hall–Kier alpha value is -4.18. The Morgan fingerprint density at radius 2 is 1.48 bits per heavy atom. The van der Waals surface area contributed by atoms with Gasteiger partial charge in [-0.1, -0.05) is 82.6 Å². The predicted octanol–water partition coefficient (Wildman–Crippen LogP) is 2.91. The van der Waals surface area contributed by atoms with Crippen molar-refractivity contribution in [1.29, 1.82) is 0 Å². The number of carbonyl (C=O) groups excluding carboxylic acids is 3. The second-order valence-corrected chi connectivity index (χ2v) is 11.3. The highest BCUT2D eigenvalue weighted by atomic mass is 16.4. The minimum absolute atomic E-state index is 0.0435. The van der Waals surface area contributed by atoms with Gasteiger partial charge in [-0.15, -0.1) is 0 Å². The molecule has 0 saturated heterocycles. The Bertz CT molecular complexity index is 1360. The van der Waals surface area contributed by atoms with Crippen LogP contribution in [-0.2, 0) is 32.0 Å². The molecule has 5 unspecified atom stereocenters. The van der Waals surface area contributed by atoms with Gasteiger partial charge < -0.3 is 31.8 Å². The molecule has 0 saturated carbocycles. The molecule has 10 heteroatoms. The number of rotatable bonds is 15. The summed E-state index contributed by atoms with van der Waals surface area (Å²) in [4.78, 5) is 55.2. The molecule has 0 fully saturated rings. The minimum atomic E-state index is -1.13. The third-order valence-corrected chi connectivity index (χ3v) is 7.48. The lowest BCUT2D eigenvalue weighted by molar-refractivity contribution is -0.143. The Labute approximate surface area is 246 Å². The van der Waals surface area contributed by atoms with Crippen LogP contribution >= 0.6 is 0 Å². The molecular weight excluding hydrogens is 534 g/mol. The molecule has 0 aliphatic rings. The molecule has 0 spiro atoms. The van der Waals surface area contributed by atoms with Gasteiger partial charge in [0.2, 0.25) is 17.7 Å². The lowest BCUT2D eigenvalue weighted by Gasteiger charge is -2.28. The number of amides is 3. The van der Waals surface area contributed by atoms with E-state index < -0.39 is 47.9 Å². The van der Waals surface area contributed by atoms with E-state index in [0.717, 1.165) is 22.0 Å². The molecule has 0 aliphatic heterocycles. The Kier molecular flexibility index (Phi) is 11.7. The monoisotopic (exact) mass is 577 g/mol. The van der Waals surface area contributed by atoms with Crippen molar-refractivity contribution >= 4 is 34.6 Å². The smallest absolute Gasteiger partial charge is 0.326 e. The molecule has 42 heavy (non-hydrogen) atoms. The SMILES string of the molecule is CCC(C)C(NC(=O)C(Cc1ccccc1)NC(=O)C(N)Cc1c[nH]c2ccccc12)C(=O)NC(CC(C)C)C(=O)O. The van der Waals surface area contributed by atoms with E-state index in [4.69, 9.17) is 5.73 Å². The van der Waals surface area contributed by atoms with Crippen molar-refractivity contribution in [2.75, 3.05) is 0 Å². The van der Waals surface area contributed by atoms with Crippen LogP contribution in [0.4, 0.5) is 0 Å². The van der Waals surface area contributed by atoms with Gasteiger partial charge in [0.1, 0.15) is 18.1 Å². The highest BCUT2D eigenvalue weighted by molar-refractivity contribution is 5.94. The first-order chi connectivity index (χ1) is 20.0. The lowest BCUT2D eigenvalue weighted by atomic mass is 9.96. The van der Waals surface area contributed by atoms with Crippen molar-refractivity contribution in [2.45, 2.75) is 77.5 Å². The van der Waals surface area contributed by atoms with Gasteiger partial charge >= 0.3 is 5.97 Å². The first-order valence-corrected chi connectivity index (χ1v) is 14.5. The number of nitrogens with two attached hydrogens (primary N) is 1. The molecule has 1 aromatic heterocycles. The number of H-pyrrole nitrogens is 1. The number of aromatic nitrogens is 1. The maximum absolute atomic E-state index is 13.7. The van der Waals surface area contributed by atoms with Gasteiger partial charge in [-0.25, -0.2) is 4.79 Å². The lowest BCUT2D eigenvalue weighted by Crippen LogP contribution is -2.59. The van der Waals surface area contributed by atoms with Gasteiger partial charge in [0, 0.05) is 23.5 Å². The van der Waals surface area contributed by atoms with E-state index in [1.807, 2.05) is 88.5 Å². The third kappa shape index (κ3) is 8.91. The fraction of sp³-hybridized carbons (Fsp3) is 0.438. The predicted molar refractivity (Wildman–Crippen MR) is 162 cm³/mol. The molecule has 3 amide bonds. The minimum Gasteiger partial charge on any atom is -0.480 e. The standard InChI is InChI=1S/C32H43N5O5/c1-5-20(4)28(31(40)36-27(32(41)42)15-19(2)3)37-30(39)26(16-21-11-7-6-8-12-21)35-29(38)24(33)17-22-18-34-25-14-10-9-13-23(22)25/h6-14,18-20,24,26-28,34H,5,15-17,33H2,1-4H3,(H,35,38)(H,36,40)(H,37,39)(H,41,42). The summed E-state index contributed by atoms with van der Waals surface area (Å²) >= 11 is 0. The zero-order valence-electron chi connectivity index (χ0n) is 24.7. The number of carboxylic acids is 1. The number of hydrogen-bond acceptors (Lipinski definition) is 5. The maximum Gasteiger partial charge on any atom is 0.326 e. The molecule has 10 nitrogen and oxygen atoms in total. The second-order valence-electron chi connectivity index (χ2n) is 11.3. The van der Waals surface area contributed by atoms with E-state index in [0.29, 0.717) is 6.42 Å². The van der Waals surface area contributed by atoms with Gasteiger partial charge in [0.05, 0.1) is 6.04 Å². The molecule has 2 aromatic carbocycles. The van der Waals surface area contributed by atoms with Gasteiger partial charge in [0.25, 0.3) is 0 Å². The first-order valence-electron chi connectivity index (χ1n) is 14.5. The summed E-state index contributed by atoms with van der Waals surface area (Å²) in [5.74, 6) is -3.01. The van der Waals surface area contributed by atoms with Crippen LogP contribution in [0.3, 0.4) is 0 Å². The highest BCUT2D eigenvalue weighted by Crippen LogP contribution is 2.19. The third-order valence-electron chi connectivity index (χ3n) is 7.48. The van der Waals surface area contributed by atoms with Crippen LogP contribution in [0, 0.1) is 11.8 Å². The number of carbonyl (C=O) groups is 4. The number of aliphatic carboxylic acids is 1. The molecule has 3 aromatic rings. The highest BCUT2D eigenvalue weighted by Gasteiger charge is 2.33. The summed E-state index contributed by atoms with van der Waals surface area (Å²) in [5.41, 5.74) is 8.95. The zero-order chi connectivity index (χ0) is 30.8. The normalized spacial score (nSPS) is 14.9. The van der Waals surface area contributed by atoms with Crippen LogP contribution in [0.5, 0.6) is 0 Å². The number of carboxylic acid groups (broad SMARTS) is 1. The largest absolute Gasteiger partial charge is 0.480 e. The van der Waals surface area contributed by atoms with Crippen LogP contribution in [0.15, 0.2) is 60.8 Å². The summed E-state index contributed by atoms with van der Waals surface area (Å²) < 4.78 is 0. The van der Waals surface area contributed by atoms with Crippen LogP contribution < -0.4 is 21.7 Å². The van der Waals surface area contributed by atoms with E-state index in [1.54, 1.807) is 0 Å². The van der Waals surface area contributed by atoms with E-state index in [-0.39, 0.29) is 31.1 Å². The molecule has 3 rings (SSSR count). The molecular formula is C32H43N5O5. The fourth-order valence-electron chi connectivity index (χ4n) is 4.88. The second kappa shape index (κ2) is 15.2. The molecule has 1 heterocycles. The number of nitrogens with one attached hydrogen (secondary N) is 4. The van der Waals surface area contributed by atoms with Gasteiger partial charge in [-0.3, -0.25) is 14.4 Å². The van der Waals surface area contributed by atoms with Crippen LogP contribution in [0.1, 0.15) is 51.7 Å². The summed E-state index contributed by atoms with van der Waals surface area (Å²) in [6.45, 7) is 7.43. The van der Waals surface area contributed by atoms with Gasteiger partial charge in [-0.2, -0.15) is 0 Å². The van der Waals surface area contributed by atoms with E-state index in [1.165, 1.54) is 0 Å². The number of benzene rings is 2.